The van der Waals surface area contributed by atoms with E-state index in [0.717, 1.165) is 29.1 Å². The molecule has 1 atom stereocenters. The Morgan fingerprint density at radius 1 is 1.13 bits per heavy atom. The van der Waals surface area contributed by atoms with Crippen LogP contribution in [0.4, 0.5) is 0 Å². The molecule has 2 N–H and O–H groups in total. The van der Waals surface area contributed by atoms with Gasteiger partial charge >= 0.3 is 0 Å². The Hall–Kier alpha value is -3.53. The number of nitrogens with zero attached hydrogens (tertiary/aromatic N) is 2. The molecule has 1 aliphatic rings. The van der Waals surface area contributed by atoms with Gasteiger partial charge in [-0.2, -0.15) is 0 Å². The summed E-state index contributed by atoms with van der Waals surface area (Å²) in [6.45, 7) is 1.51. The van der Waals surface area contributed by atoms with Crippen LogP contribution in [0.3, 0.4) is 0 Å². The fourth-order valence-electron chi connectivity index (χ4n) is 4.43. The van der Waals surface area contributed by atoms with Crippen LogP contribution in [0.15, 0.2) is 75.7 Å². The van der Waals surface area contributed by atoms with Crippen molar-refractivity contribution in [3.63, 3.8) is 0 Å². The Labute approximate surface area is 231 Å². The van der Waals surface area contributed by atoms with Gasteiger partial charge in [0, 0.05) is 44.1 Å². The number of benzene rings is 2. The summed E-state index contributed by atoms with van der Waals surface area (Å²) in [6.07, 6.45) is 5.70. The third-order valence-corrected chi connectivity index (χ3v) is 8.58. The number of rotatable bonds is 8. The normalized spacial score (nSPS) is 15.7. The quantitative estimate of drug-likeness (QED) is 0.312. The average molecular weight is 566 g/mol. The summed E-state index contributed by atoms with van der Waals surface area (Å²) in [7, 11) is -2.09. The van der Waals surface area contributed by atoms with Gasteiger partial charge in [-0.25, -0.2) is 23.5 Å². The van der Waals surface area contributed by atoms with Gasteiger partial charge < -0.3 is 18.6 Å². The van der Waals surface area contributed by atoms with Crippen LogP contribution < -0.4 is 5.14 Å². The van der Waals surface area contributed by atoms with Crippen LogP contribution in [0.5, 0.6) is 0 Å². The first kappa shape index (κ1) is 27.1. The number of thiazole rings is 1. The molecule has 39 heavy (non-hydrogen) atoms. The Morgan fingerprint density at radius 2 is 1.87 bits per heavy atom. The third-order valence-electron chi connectivity index (χ3n) is 6.57. The summed E-state index contributed by atoms with van der Waals surface area (Å²) in [5, 5.41) is 8.11. The molecule has 1 saturated heterocycles. The van der Waals surface area contributed by atoms with Crippen molar-refractivity contribution in [1.82, 2.24) is 9.97 Å². The predicted octanol–water partition coefficient (Wildman–Crippen LogP) is 4.41. The van der Waals surface area contributed by atoms with Crippen molar-refractivity contribution >= 4 is 21.4 Å². The molecule has 1 fully saturated rings. The number of ether oxygens (including phenoxy) is 3. The number of methoxy groups -OCH3 is 1. The lowest BCUT2D eigenvalue weighted by molar-refractivity contribution is -0.0949. The zero-order valence-corrected chi connectivity index (χ0v) is 22.8. The fraction of sp³-hybridized carbons (Fsp3) is 0.286. The first-order chi connectivity index (χ1) is 18.9. The number of hydrogen-bond donors (Lipinski definition) is 1. The van der Waals surface area contributed by atoms with E-state index in [4.69, 9.17) is 28.8 Å². The van der Waals surface area contributed by atoms with Gasteiger partial charge in [0.15, 0.2) is 12.2 Å². The highest BCUT2D eigenvalue weighted by Gasteiger charge is 2.37. The largest absolute Gasteiger partial charge is 0.443 e. The van der Waals surface area contributed by atoms with Crippen LogP contribution in [0.2, 0.25) is 0 Å². The summed E-state index contributed by atoms with van der Waals surface area (Å²) in [6, 6.07) is 15.8. The van der Waals surface area contributed by atoms with Crippen LogP contribution >= 0.6 is 11.3 Å². The summed E-state index contributed by atoms with van der Waals surface area (Å²) in [5.74, 6) is 3.19. The van der Waals surface area contributed by atoms with Crippen molar-refractivity contribution in [2.75, 3.05) is 20.3 Å². The molecule has 1 unspecified atom stereocenters. The number of aromatic nitrogens is 2. The lowest BCUT2D eigenvalue weighted by Gasteiger charge is -2.33. The monoisotopic (exact) mass is 565 g/mol. The molecular formula is C28H27N3O6S2. The predicted molar refractivity (Wildman–Crippen MR) is 145 cm³/mol. The van der Waals surface area contributed by atoms with Crippen LogP contribution in [-0.2, 0) is 36.4 Å². The fourth-order valence-corrected chi connectivity index (χ4v) is 5.98. The van der Waals surface area contributed by atoms with Crippen molar-refractivity contribution in [2.24, 2.45) is 5.14 Å². The first-order valence-electron chi connectivity index (χ1n) is 12.2. The number of hydrogen-bond acceptors (Lipinski definition) is 9. The lowest BCUT2D eigenvalue weighted by Crippen LogP contribution is -2.35. The van der Waals surface area contributed by atoms with Crippen LogP contribution in [0.25, 0.3) is 11.3 Å². The Balaban J connectivity index is 1.36. The van der Waals surface area contributed by atoms with E-state index in [1.54, 1.807) is 30.6 Å². The minimum absolute atomic E-state index is 0.0125. The molecule has 5 rings (SSSR count). The zero-order valence-electron chi connectivity index (χ0n) is 21.2. The molecule has 9 nitrogen and oxygen atoms in total. The zero-order chi connectivity index (χ0) is 27.3. The van der Waals surface area contributed by atoms with E-state index >= 15 is 0 Å². The number of nitrogens with two attached hydrogens (primary N) is 1. The first-order valence-corrected chi connectivity index (χ1v) is 14.6. The molecule has 0 radical (unpaired) electrons. The van der Waals surface area contributed by atoms with E-state index in [1.807, 2.05) is 35.7 Å². The van der Waals surface area contributed by atoms with E-state index in [1.165, 1.54) is 18.5 Å². The highest BCUT2D eigenvalue weighted by Crippen LogP contribution is 2.37. The van der Waals surface area contributed by atoms with Gasteiger partial charge in [0.1, 0.15) is 29.0 Å². The smallest absolute Gasteiger partial charge is 0.238 e. The maximum absolute atomic E-state index is 11.6. The average Bonchev–Trinajstić information content (AvgIpc) is 3.64. The summed E-state index contributed by atoms with van der Waals surface area (Å²) in [5.41, 5.74) is 2.50. The summed E-state index contributed by atoms with van der Waals surface area (Å²) >= 11 is 1.55. The second kappa shape index (κ2) is 11.7. The van der Waals surface area contributed by atoms with Gasteiger partial charge in [-0.05, 0) is 35.7 Å². The van der Waals surface area contributed by atoms with Crippen molar-refractivity contribution in [2.45, 2.75) is 35.9 Å². The molecule has 11 heteroatoms. The van der Waals surface area contributed by atoms with E-state index in [2.05, 4.69) is 17.0 Å². The molecule has 0 saturated carbocycles. The summed E-state index contributed by atoms with van der Waals surface area (Å²) < 4.78 is 46.1. The molecule has 0 aliphatic carbocycles. The van der Waals surface area contributed by atoms with Gasteiger partial charge in [-0.3, -0.25) is 0 Å². The second-order valence-electron chi connectivity index (χ2n) is 8.97. The minimum Gasteiger partial charge on any atom is -0.443 e. The standard InChI is InChI=1S/C28H27N3O6S2/c1-34-28(12-15-35-16-13-28)27-31-22(18-38-27)17-36-14-11-24(20-5-3-2-4-6-20)25-26(37-19-30-25)21-7-9-23(10-8-21)39(29,32)33/h2-10,18-19,24H,12-13,15-17H2,1H3,(H2,29,32,33). The van der Waals surface area contributed by atoms with E-state index < -0.39 is 21.5 Å². The van der Waals surface area contributed by atoms with E-state index in [0.29, 0.717) is 30.2 Å². The molecular weight excluding hydrogens is 538 g/mol. The topological polar surface area (TPSA) is 127 Å². The second-order valence-corrected chi connectivity index (χ2v) is 11.4. The Kier molecular flexibility index (Phi) is 8.11. The van der Waals surface area contributed by atoms with Gasteiger partial charge in [0.2, 0.25) is 10.0 Å². The van der Waals surface area contributed by atoms with Crippen LogP contribution in [0.1, 0.15) is 40.7 Å². The molecule has 0 spiro atoms. The lowest BCUT2D eigenvalue weighted by atomic mass is 9.94. The Bertz CT molecular complexity index is 1560. The Morgan fingerprint density at radius 3 is 2.56 bits per heavy atom. The molecule has 0 amide bonds. The molecule has 2 aromatic heterocycles. The molecule has 3 heterocycles. The maximum atomic E-state index is 11.6. The number of oxazole rings is 1. The van der Waals surface area contributed by atoms with Gasteiger partial charge in [0.05, 0.1) is 16.5 Å². The van der Waals surface area contributed by atoms with Crippen molar-refractivity contribution in [3.8, 4) is 23.4 Å². The number of primary sulfonamides is 1. The molecule has 202 valence electrons. The molecule has 2 aromatic carbocycles. The molecule has 1 aliphatic heterocycles. The maximum Gasteiger partial charge on any atom is 0.238 e. The summed E-state index contributed by atoms with van der Waals surface area (Å²) in [4.78, 5) is 9.21. The van der Waals surface area contributed by atoms with Crippen LogP contribution in [-0.4, -0.2) is 38.7 Å². The van der Waals surface area contributed by atoms with Crippen molar-refractivity contribution in [1.29, 1.82) is 0 Å². The van der Waals surface area contributed by atoms with E-state index in [-0.39, 0.29) is 11.5 Å². The van der Waals surface area contributed by atoms with Gasteiger partial charge in [-0.1, -0.05) is 30.3 Å². The molecule has 4 aromatic rings. The van der Waals surface area contributed by atoms with E-state index in [9.17, 15) is 8.42 Å². The highest BCUT2D eigenvalue weighted by atomic mass is 32.2. The number of sulfonamides is 1. The van der Waals surface area contributed by atoms with Crippen molar-refractivity contribution < 1.29 is 27.0 Å². The van der Waals surface area contributed by atoms with Crippen molar-refractivity contribution in [3.05, 3.63) is 88.3 Å². The highest BCUT2D eigenvalue weighted by molar-refractivity contribution is 7.89. The van der Waals surface area contributed by atoms with Gasteiger partial charge in [0.25, 0.3) is 0 Å². The van der Waals surface area contributed by atoms with Crippen LogP contribution in [0, 0.1) is 12.0 Å². The third kappa shape index (κ3) is 6.06. The molecule has 0 bridgehead atoms. The van der Waals surface area contributed by atoms with Gasteiger partial charge in [-0.15, -0.1) is 11.3 Å². The minimum atomic E-state index is -3.81. The SMILES string of the molecule is COC1(c2nc(COC#CC(c3ccccc3)c3ncoc3-c3ccc(S(N)(=O)=O)cc3)cs2)CCOCC1.